The molecule has 26 heavy (non-hydrogen) atoms. The van der Waals surface area contributed by atoms with Gasteiger partial charge in [0.1, 0.15) is 5.82 Å². The Labute approximate surface area is 148 Å². The van der Waals surface area contributed by atoms with E-state index < -0.39 is 21.6 Å². The number of aromatic nitrogens is 2. The van der Waals surface area contributed by atoms with Crippen molar-refractivity contribution in [3.8, 4) is 0 Å². The maximum Gasteiger partial charge on any atom is 0.416 e. The standard InChI is InChI=1S/C16H17F3N4O2S/c1-10-8-14(21-12-4-2-11(3-5-12)16(17,18)19)23-15(20-10)22-13-6-7-26(24,25)9-13/h2-5,8,13H,6-7,9H2,1H3,(H2,20,21,22,23). The number of aryl methyl sites for hydroxylation is 1. The molecule has 1 aliphatic heterocycles. The van der Waals surface area contributed by atoms with E-state index in [0.717, 1.165) is 12.1 Å². The summed E-state index contributed by atoms with van der Waals surface area (Å²) in [6.45, 7) is 1.75. The lowest BCUT2D eigenvalue weighted by molar-refractivity contribution is -0.137. The molecule has 0 aliphatic carbocycles. The largest absolute Gasteiger partial charge is 0.416 e. The summed E-state index contributed by atoms with van der Waals surface area (Å²) >= 11 is 0. The molecule has 3 rings (SSSR count). The van der Waals surface area contributed by atoms with Crippen molar-refractivity contribution in [2.45, 2.75) is 25.6 Å². The van der Waals surface area contributed by atoms with Gasteiger partial charge in [0.2, 0.25) is 5.95 Å². The highest BCUT2D eigenvalue weighted by molar-refractivity contribution is 7.91. The first-order valence-corrected chi connectivity index (χ1v) is 9.70. The van der Waals surface area contributed by atoms with Crippen molar-refractivity contribution in [2.24, 2.45) is 0 Å². The van der Waals surface area contributed by atoms with Gasteiger partial charge < -0.3 is 10.6 Å². The monoisotopic (exact) mass is 386 g/mol. The van der Waals surface area contributed by atoms with Crippen LogP contribution in [0, 0.1) is 6.92 Å². The summed E-state index contributed by atoms with van der Waals surface area (Å²) in [5.41, 5.74) is 0.356. The number of nitrogens with one attached hydrogen (secondary N) is 2. The van der Waals surface area contributed by atoms with Crippen LogP contribution < -0.4 is 10.6 Å². The zero-order valence-electron chi connectivity index (χ0n) is 13.8. The lowest BCUT2D eigenvalue weighted by Gasteiger charge is -2.13. The van der Waals surface area contributed by atoms with Crippen LogP contribution >= 0.6 is 0 Å². The highest BCUT2D eigenvalue weighted by Crippen LogP contribution is 2.30. The van der Waals surface area contributed by atoms with Crippen molar-refractivity contribution in [1.29, 1.82) is 0 Å². The van der Waals surface area contributed by atoms with Gasteiger partial charge >= 0.3 is 6.18 Å². The summed E-state index contributed by atoms with van der Waals surface area (Å²) in [7, 11) is -3.03. The lowest BCUT2D eigenvalue weighted by atomic mass is 10.2. The second-order valence-corrected chi connectivity index (χ2v) is 8.39. The number of alkyl halides is 3. The van der Waals surface area contributed by atoms with E-state index in [1.807, 2.05) is 0 Å². The molecule has 0 radical (unpaired) electrons. The van der Waals surface area contributed by atoms with E-state index in [4.69, 9.17) is 0 Å². The summed E-state index contributed by atoms with van der Waals surface area (Å²) in [4.78, 5) is 8.49. The van der Waals surface area contributed by atoms with Gasteiger partial charge in [0, 0.05) is 23.5 Å². The van der Waals surface area contributed by atoms with E-state index in [9.17, 15) is 21.6 Å². The van der Waals surface area contributed by atoms with E-state index in [1.165, 1.54) is 12.1 Å². The van der Waals surface area contributed by atoms with Crippen molar-refractivity contribution in [2.75, 3.05) is 22.1 Å². The molecule has 0 bridgehead atoms. The Morgan fingerprint density at radius 1 is 1.15 bits per heavy atom. The topological polar surface area (TPSA) is 84.0 Å². The fraction of sp³-hybridized carbons (Fsp3) is 0.375. The summed E-state index contributed by atoms with van der Waals surface area (Å²) in [6, 6.07) is 6.00. The number of nitrogens with zero attached hydrogens (tertiary/aromatic N) is 2. The average Bonchev–Trinajstić information content (AvgIpc) is 2.85. The molecule has 1 aliphatic rings. The number of sulfone groups is 1. The average molecular weight is 386 g/mol. The molecule has 2 aromatic rings. The van der Waals surface area contributed by atoms with Crippen molar-refractivity contribution >= 4 is 27.3 Å². The molecule has 1 atom stereocenters. The zero-order valence-corrected chi connectivity index (χ0v) is 14.7. The van der Waals surface area contributed by atoms with Crippen LogP contribution in [-0.2, 0) is 16.0 Å². The predicted molar refractivity (Wildman–Crippen MR) is 92.2 cm³/mol. The van der Waals surface area contributed by atoms with Crippen molar-refractivity contribution in [3.05, 3.63) is 41.6 Å². The molecule has 2 N–H and O–H groups in total. The summed E-state index contributed by atoms with van der Waals surface area (Å²) in [6.07, 6.45) is -3.90. The fourth-order valence-corrected chi connectivity index (χ4v) is 4.35. The van der Waals surface area contributed by atoms with Crippen LogP contribution in [0.3, 0.4) is 0 Å². The maximum atomic E-state index is 12.6. The van der Waals surface area contributed by atoms with Crippen LogP contribution in [0.5, 0.6) is 0 Å². The number of halogens is 3. The summed E-state index contributed by atoms with van der Waals surface area (Å²) < 4.78 is 60.9. The Morgan fingerprint density at radius 2 is 1.85 bits per heavy atom. The van der Waals surface area contributed by atoms with Crippen LogP contribution in [0.15, 0.2) is 30.3 Å². The van der Waals surface area contributed by atoms with Gasteiger partial charge in [-0.1, -0.05) is 0 Å². The third-order valence-electron chi connectivity index (χ3n) is 3.90. The molecule has 1 aromatic heterocycles. The molecule has 1 fully saturated rings. The fourth-order valence-electron chi connectivity index (χ4n) is 2.68. The van der Waals surface area contributed by atoms with Crippen molar-refractivity contribution in [3.63, 3.8) is 0 Å². The van der Waals surface area contributed by atoms with Gasteiger partial charge in [-0.2, -0.15) is 18.2 Å². The SMILES string of the molecule is Cc1cc(Nc2ccc(C(F)(F)F)cc2)nc(NC2CCS(=O)(=O)C2)n1. The van der Waals surface area contributed by atoms with E-state index >= 15 is 0 Å². The van der Waals surface area contributed by atoms with Gasteiger partial charge in [0.15, 0.2) is 9.84 Å². The van der Waals surface area contributed by atoms with Crippen LogP contribution in [0.4, 0.5) is 30.6 Å². The summed E-state index contributed by atoms with van der Waals surface area (Å²) in [5, 5.41) is 5.93. The highest BCUT2D eigenvalue weighted by atomic mass is 32.2. The van der Waals surface area contributed by atoms with Gasteiger partial charge in [0.05, 0.1) is 17.1 Å². The van der Waals surface area contributed by atoms with Gasteiger partial charge in [-0.05, 0) is 37.6 Å². The number of hydrogen-bond acceptors (Lipinski definition) is 6. The zero-order chi connectivity index (χ0) is 18.9. The molecular weight excluding hydrogens is 369 g/mol. The molecule has 0 amide bonds. The minimum atomic E-state index is -4.39. The predicted octanol–water partition coefficient (Wildman–Crippen LogP) is 3.15. The van der Waals surface area contributed by atoms with Gasteiger partial charge in [-0.15, -0.1) is 0 Å². The third-order valence-corrected chi connectivity index (χ3v) is 5.67. The van der Waals surface area contributed by atoms with Crippen molar-refractivity contribution in [1.82, 2.24) is 9.97 Å². The number of anilines is 3. The molecule has 10 heteroatoms. The minimum Gasteiger partial charge on any atom is -0.350 e. The number of rotatable bonds is 4. The van der Waals surface area contributed by atoms with E-state index in [1.54, 1.807) is 13.0 Å². The Kier molecular flexibility index (Phi) is 4.78. The van der Waals surface area contributed by atoms with E-state index in [2.05, 4.69) is 20.6 Å². The van der Waals surface area contributed by atoms with Gasteiger partial charge in [-0.3, -0.25) is 0 Å². The molecule has 1 saturated heterocycles. The smallest absolute Gasteiger partial charge is 0.350 e. The van der Waals surface area contributed by atoms with Crippen LogP contribution in [-0.4, -0.2) is 35.9 Å². The first kappa shape index (κ1) is 18.4. The van der Waals surface area contributed by atoms with Crippen LogP contribution in [0.25, 0.3) is 0 Å². The molecule has 140 valence electrons. The lowest BCUT2D eigenvalue weighted by Crippen LogP contribution is -2.22. The third kappa shape index (κ3) is 4.63. The molecule has 1 aromatic carbocycles. The second kappa shape index (κ2) is 6.75. The van der Waals surface area contributed by atoms with E-state index in [-0.39, 0.29) is 23.5 Å². The highest BCUT2D eigenvalue weighted by Gasteiger charge is 2.30. The Morgan fingerprint density at radius 3 is 2.42 bits per heavy atom. The number of benzene rings is 1. The number of hydrogen-bond donors (Lipinski definition) is 2. The molecule has 6 nitrogen and oxygen atoms in total. The second-order valence-electron chi connectivity index (χ2n) is 6.16. The van der Waals surface area contributed by atoms with Gasteiger partial charge in [-0.25, -0.2) is 13.4 Å². The minimum absolute atomic E-state index is 0.0337. The van der Waals surface area contributed by atoms with Gasteiger partial charge in [0.25, 0.3) is 0 Å². The Hall–Kier alpha value is -2.36. The van der Waals surface area contributed by atoms with Crippen LogP contribution in [0.1, 0.15) is 17.7 Å². The Balaban J connectivity index is 1.73. The Bertz CT molecular complexity index is 899. The molecule has 0 saturated carbocycles. The molecule has 2 heterocycles. The van der Waals surface area contributed by atoms with Crippen LogP contribution in [0.2, 0.25) is 0 Å². The molecule has 0 spiro atoms. The first-order chi connectivity index (χ1) is 12.1. The van der Waals surface area contributed by atoms with E-state index in [0.29, 0.717) is 23.6 Å². The molecular formula is C16H17F3N4O2S. The molecule has 1 unspecified atom stereocenters. The quantitative estimate of drug-likeness (QED) is 0.840. The van der Waals surface area contributed by atoms with Crippen molar-refractivity contribution < 1.29 is 21.6 Å². The first-order valence-electron chi connectivity index (χ1n) is 7.88. The maximum absolute atomic E-state index is 12.6. The normalized spacial score (nSPS) is 19.3. The summed E-state index contributed by atoms with van der Waals surface area (Å²) in [5.74, 6) is 0.848.